The van der Waals surface area contributed by atoms with Gasteiger partial charge in [0.25, 0.3) is 9.28 Å². The van der Waals surface area contributed by atoms with Crippen LogP contribution in [0.5, 0.6) is 0 Å². The monoisotopic (exact) mass is 394 g/mol. The molecule has 0 spiro atoms. The molecule has 0 aliphatic carbocycles. The fourth-order valence-corrected chi connectivity index (χ4v) is 21.1. The molecule has 0 fully saturated rings. The van der Waals surface area contributed by atoms with E-state index in [0.717, 1.165) is 0 Å². The second-order valence-corrected chi connectivity index (χ2v) is 24.9. The minimum atomic E-state index is -2.28. The van der Waals surface area contributed by atoms with Crippen molar-refractivity contribution in [1.29, 1.82) is 0 Å². The molecular weight excluding hydrogens is 361 g/mol. The Kier molecular flexibility index (Phi) is 8.13. The molecule has 0 heterocycles. The highest BCUT2D eigenvalue weighted by molar-refractivity contribution is 6.89. The van der Waals surface area contributed by atoms with Crippen LogP contribution in [0.2, 0.25) is 58.9 Å². The molecule has 0 radical (unpaired) electrons. The van der Waals surface area contributed by atoms with Crippen LogP contribution in [0, 0.1) is 0 Å². The van der Waals surface area contributed by atoms with Gasteiger partial charge < -0.3 is 16.5 Å². The summed E-state index contributed by atoms with van der Waals surface area (Å²) in [6.07, 6.45) is 0. The van der Waals surface area contributed by atoms with Crippen LogP contribution in [-0.4, -0.2) is 43.0 Å². The molecule has 22 heavy (non-hydrogen) atoms. The van der Waals surface area contributed by atoms with E-state index in [2.05, 4.69) is 72.1 Å². The lowest BCUT2D eigenvalue weighted by Gasteiger charge is -2.38. The topological polar surface area (TPSA) is 36.9 Å². The lowest BCUT2D eigenvalue weighted by molar-refractivity contribution is 0.313. The second-order valence-electron chi connectivity index (χ2n) is 7.42. The normalized spacial score (nSPS) is 15.5. The fraction of sp³-hybridized carbons (Fsp3) is 0.692. The van der Waals surface area contributed by atoms with E-state index in [9.17, 15) is 0 Å². The van der Waals surface area contributed by atoms with E-state index in [4.69, 9.17) is 16.5 Å². The second kappa shape index (κ2) is 7.99. The lowest BCUT2D eigenvalue weighted by atomic mass is 11.3. The fourth-order valence-electron chi connectivity index (χ4n) is 2.21. The molecule has 0 bridgehead atoms. The Balaban J connectivity index is 4.74. The van der Waals surface area contributed by atoms with Crippen molar-refractivity contribution in [3.63, 3.8) is 0 Å². The molecule has 9 heteroatoms. The van der Waals surface area contributed by atoms with Crippen LogP contribution in [0.1, 0.15) is 0 Å². The third kappa shape index (κ3) is 9.52. The summed E-state index contributed by atoms with van der Waals surface area (Å²) < 4.78 is 25.0. The van der Waals surface area contributed by atoms with E-state index >= 15 is 0 Å². The number of hydrogen-bond acceptors (Lipinski definition) is 4. The molecule has 0 N–H and O–H groups in total. The molecule has 1 atom stereocenters. The minimum Gasteiger partial charge on any atom is -0.435 e. The van der Waals surface area contributed by atoms with Crippen molar-refractivity contribution in [3.8, 4) is 0 Å². The summed E-state index contributed by atoms with van der Waals surface area (Å²) in [5.74, 6) is 0. The van der Waals surface area contributed by atoms with Crippen LogP contribution in [0.25, 0.3) is 0 Å². The van der Waals surface area contributed by atoms with Crippen molar-refractivity contribution in [1.82, 2.24) is 0 Å². The maximum atomic E-state index is 6.35. The van der Waals surface area contributed by atoms with E-state index in [1.807, 2.05) is 11.4 Å². The van der Waals surface area contributed by atoms with Gasteiger partial charge in [0.15, 0.2) is 16.6 Å². The molecule has 0 rings (SSSR count). The highest BCUT2D eigenvalue weighted by Gasteiger charge is 2.41. The van der Waals surface area contributed by atoms with Crippen molar-refractivity contribution in [2.24, 2.45) is 0 Å². The van der Waals surface area contributed by atoms with Gasteiger partial charge >= 0.3 is 17.1 Å². The van der Waals surface area contributed by atoms with Gasteiger partial charge in [0.05, 0.1) is 0 Å². The van der Waals surface area contributed by atoms with E-state index in [1.54, 1.807) is 0 Å². The van der Waals surface area contributed by atoms with Gasteiger partial charge in [-0.1, -0.05) is 11.4 Å². The highest BCUT2D eigenvalue weighted by atomic mass is 28.5. The van der Waals surface area contributed by atoms with Crippen LogP contribution < -0.4 is 0 Å². The molecule has 0 aliphatic heterocycles. The van der Waals surface area contributed by atoms with Gasteiger partial charge in [-0.2, -0.15) is 0 Å². The molecule has 0 aromatic carbocycles. The molecule has 0 amide bonds. The van der Waals surface area contributed by atoms with E-state index in [0.29, 0.717) is 0 Å². The predicted octanol–water partition coefficient (Wildman–Crippen LogP) is 4.17. The maximum absolute atomic E-state index is 6.35. The van der Waals surface area contributed by atoms with E-state index in [-0.39, 0.29) is 0 Å². The Hall–Kier alpha value is 0.404. The first kappa shape index (κ1) is 22.4. The first-order chi connectivity index (χ1) is 9.64. The standard InChI is InChI=1S/C13H34O4Si5/c1-12-19(4,5)14-18(3)15-21(8,9)17-22(10,11)16-20(6,7)13-2/h12-13,18H,1-2H2,3-11H3. The Morgan fingerprint density at radius 1 is 0.682 bits per heavy atom. The zero-order valence-electron chi connectivity index (χ0n) is 15.8. The summed E-state index contributed by atoms with van der Waals surface area (Å²) in [5.41, 5.74) is 3.88. The summed E-state index contributed by atoms with van der Waals surface area (Å²) >= 11 is 0. The van der Waals surface area contributed by atoms with E-state index < -0.39 is 43.0 Å². The molecule has 1 unspecified atom stereocenters. The summed E-state index contributed by atoms with van der Waals surface area (Å²) in [6, 6.07) is 0. The molecule has 0 aliphatic rings. The summed E-state index contributed by atoms with van der Waals surface area (Å²) in [6.45, 7) is 26.6. The van der Waals surface area contributed by atoms with Gasteiger partial charge in [-0.05, 0) is 58.9 Å². The average molecular weight is 395 g/mol. The van der Waals surface area contributed by atoms with Gasteiger partial charge in [-0.25, -0.2) is 0 Å². The Bertz CT molecular complexity index is 396. The van der Waals surface area contributed by atoms with Crippen LogP contribution in [0.4, 0.5) is 0 Å². The molecule has 0 aromatic rings. The van der Waals surface area contributed by atoms with E-state index in [1.165, 1.54) is 0 Å². The van der Waals surface area contributed by atoms with Gasteiger partial charge in [0, 0.05) is 0 Å². The molecule has 0 aromatic heterocycles. The minimum absolute atomic E-state index is 1.73. The number of hydrogen-bond donors (Lipinski definition) is 0. The summed E-state index contributed by atoms with van der Waals surface area (Å²) in [5, 5.41) is 0. The third-order valence-corrected chi connectivity index (χ3v) is 20.2. The molecular formula is C13H34O4Si5. The Labute approximate surface area is 143 Å². The van der Waals surface area contributed by atoms with Crippen molar-refractivity contribution in [2.75, 3.05) is 0 Å². The number of rotatable bonds is 10. The first-order valence-corrected chi connectivity index (χ1v) is 21.4. The molecule has 130 valence electrons. The third-order valence-electron chi connectivity index (χ3n) is 2.90. The Morgan fingerprint density at radius 3 is 1.55 bits per heavy atom. The quantitative estimate of drug-likeness (QED) is 0.521. The van der Waals surface area contributed by atoms with Crippen LogP contribution in [0.3, 0.4) is 0 Å². The van der Waals surface area contributed by atoms with Gasteiger partial charge in [-0.3, -0.25) is 0 Å². The highest BCUT2D eigenvalue weighted by Crippen LogP contribution is 2.22. The SMILES string of the molecule is C=C[Si](C)(C)O[SiH](C)O[Si](C)(C)O[Si](C)(C)O[Si](C)(C)C=C. The smallest absolute Gasteiger partial charge is 0.313 e. The average Bonchev–Trinajstić information content (AvgIpc) is 2.23. The Morgan fingerprint density at radius 2 is 1.14 bits per heavy atom. The molecule has 0 saturated heterocycles. The lowest BCUT2D eigenvalue weighted by Crippen LogP contribution is -2.55. The van der Waals surface area contributed by atoms with Gasteiger partial charge in [0.1, 0.15) is 0 Å². The molecule has 0 saturated carbocycles. The van der Waals surface area contributed by atoms with Crippen molar-refractivity contribution in [3.05, 3.63) is 24.6 Å². The zero-order chi connectivity index (χ0) is 17.8. The van der Waals surface area contributed by atoms with Crippen molar-refractivity contribution in [2.45, 2.75) is 58.9 Å². The summed E-state index contributed by atoms with van der Waals surface area (Å²) in [4.78, 5) is 0. The van der Waals surface area contributed by atoms with Crippen LogP contribution >= 0.6 is 0 Å². The predicted molar refractivity (Wildman–Crippen MR) is 108 cm³/mol. The maximum Gasteiger partial charge on any atom is 0.313 e. The van der Waals surface area contributed by atoms with Crippen LogP contribution in [-0.2, 0) is 16.5 Å². The van der Waals surface area contributed by atoms with Gasteiger partial charge in [-0.15, -0.1) is 13.2 Å². The largest absolute Gasteiger partial charge is 0.435 e. The summed E-state index contributed by atoms with van der Waals surface area (Å²) in [7, 11) is -9.91. The van der Waals surface area contributed by atoms with Crippen molar-refractivity contribution >= 4 is 43.0 Å². The van der Waals surface area contributed by atoms with Crippen molar-refractivity contribution < 1.29 is 16.5 Å². The molecule has 4 nitrogen and oxygen atoms in total. The van der Waals surface area contributed by atoms with Gasteiger partial charge in [0.2, 0.25) is 0 Å². The van der Waals surface area contributed by atoms with Crippen LogP contribution in [0.15, 0.2) is 24.6 Å². The first-order valence-electron chi connectivity index (χ1n) is 7.67. The zero-order valence-corrected chi connectivity index (χ0v) is 20.9.